The van der Waals surface area contributed by atoms with Crippen LogP contribution >= 0.6 is 0 Å². The van der Waals surface area contributed by atoms with E-state index in [9.17, 15) is 0 Å². The Morgan fingerprint density at radius 1 is 1.30 bits per heavy atom. The zero-order chi connectivity index (χ0) is 16.5. The molecule has 1 aliphatic rings. The van der Waals surface area contributed by atoms with Gasteiger partial charge in [0, 0.05) is 31.0 Å². The molecule has 1 aliphatic heterocycles. The summed E-state index contributed by atoms with van der Waals surface area (Å²) >= 11 is 0. The molecule has 1 saturated heterocycles. The second-order valence-electron chi connectivity index (χ2n) is 5.37. The van der Waals surface area contributed by atoms with E-state index in [1.807, 2.05) is 31.2 Å². The number of hydrogen-bond donors (Lipinski definition) is 0. The maximum atomic E-state index is 8.73. The third-order valence-corrected chi connectivity index (χ3v) is 3.75. The van der Waals surface area contributed by atoms with Gasteiger partial charge in [-0.3, -0.25) is 4.90 Å². The molecule has 1 heterocycles. The van der Waals surface area contributed by atoms with Crippen LogP contribution in [-0.2, 0) is 11.3 Å². The largest absolute Gasteiger partial charge is 0.497 e. The van der Waals surface area contributed by atoms with Gasteiger partial charge in [0.1, 0.15) is 12.4 Å². The Kier molecular flexibility index (Phi) is 6.76. The normalized spacial score (nSPS) is 20.4. The molecule has 6 heteroatoms. The van der Waals surface area contributed by atoms with E-state index in [-0.39, 0.29) is 12.1 Å². The van der Waals surface area contributed by atoms with Crippen LogP contribution in [0.1, 0.15) is 18.9 Å². The number of rotatable bonds is 6. The van der Waals surface area contributed by atoms with Crippen molar-refractivity contribution in [3.63, 3.8) is 0 Å². The number of ether oxygens (including phenoxy) is 2. The van der Waals surface area contributed by atoms with Crippen LogP contribution in [-0.4, -0.2) is 43.9 Å². The highest BCUT2D eigenvalue weighted by molar-refractivity contribution is 5.27. The lowest BCUT2D eigenvalue weighted by molar-refractivity contribution is 0.0742. The molecule has 2 atom stereocenters. The number of methoxy groups -OCH3 is 1. The first kappa shape index (κ1) is 17.2. The summed E-state index contributed by atoms with van der Waals surface area (Å²) in [4.78, 5) is 5.18. The Balaban J connectivity index is 1.93. The Bertz CT molecular complexity index is 599. The molecule has 0 radical (unpaired) electrons. The summed E-state index contributed by atoms with van der Waals surface area (Å²) < 4.78 is 10.9. The summed E-state index contributed by atoms with van der Waals surface area (Å²) in [6.07, 6.45) is 0.715. The van der Waals surface area contributed by atoms with Crippen LogP contribution in [0.3, 0.4) is 0 Å². The SMILES string of the molecule is CCC#CCOC1CN(Cc2ccc(OC)cc2)CC1N=[N+]=[N-]. The molecule has 6 nitrogen and oxygen atoms in total. The van der Waals surface area contributed by atoms with Crippen molar-refractivity contribution < 1.29 is 9.47 Å². The van der Waals surface area contributed by atoms with Crippen LogP contribution in [0, 0.1) is 11.8 Å². The average Bonchev–Trinajstić information content (AvgIpc) is 2.94. The van der Waals surface area contributed by atoms with Gasteiger partial charge in [0.2, 0.25) is 0 Å². The first-order chi connectivity index (χ1) is 11.3. The molecule has 0 aliphatic carbocycles. The van der Waals surface area contributed by atoms with Crippen molar-refractivity contribution in [2.45, 2.75) is 32.0 Å². The van der Waals surface area contributed by atoms with Gasteiger partial charge in [-0.1, -0.05) is 30.1 Å². The predicted octanol–water partition coefficient (Wildman–Crippen LogP) is 2.99. The minimum atomic E-state index is -0.165. The van der Waals surface area contributed by atoms with Crippen molar-refractivity contribution in [1.82, 2.24) is 4.90 Å². The summed E-state index contributed by atoms with van der Waals surface area (Å²) in [5, 5.41) is 3.87. The van der Waals surface area contributed by atoms with Gasteiger partial charge in [0.25, 0.3) is 0 Å². The molecular weight excluding hydrogens is 292 g/mol. The Morgan fingerprint density at radius 2 is 2.09 bits per heavy atom. The molecule has 1 fully saturated rings. The maximum absolute atomic E-state index is 8.73. The van der Waals surface area contributed by atoms with Crippen LogP contribution in [0.15, 0.2) is 29.4 Å². The summed E-state index contributed by atoms with van der Waals surface area (Å²) in [5.74, 6) is 6.78. The van der Waals surface area contributed by atoms with E-state index in [1.54, 1.807) is 7.11 Å². The Hall–Kier alpha value is -2.19. The first-order valence-corrected chi connectivity index (χ1v) is 7.73. The Morgan fingerprint density at radius 3 is 2.74 bits per heavy atom. The van der Waals surface area contributed by atoms with Crippen LogP contribution < -0.4 is 4.74 Å². The molecule has 122 valence electrons. The molecule has 0 N–H and O–H groups in total. The summed E-state index contributed by atoms with van der Waals surface area (Å²) in [6, 6.07) is 7.82. The molecule has 1 aromatic carbocycles. The third kappa shape index (κ3) is 5.19. The standard InChI is InChI=1S/C17H22N4O2/c1-3-4-5-10-23-17-13-21(12-16(17)19-20-18)11-14-6-8-15(22-2)9-7-14/h6-9,16-17H,3,10-13H2,1-2H3. The fraction of sp³-hybridized carbons (Fsp3) is 0.529. The quantitative estimate of drug-likeness (QED) is 0.351. The average molecular weight is 314 g/mol. The fourth-order valence-corrected chi connectivity index (χ4v) is 2.62. The second kappa shape index (κ2) is 9.06. The van der Waals surface area contributed by atoms with Gasteiger partial charge < -0.3 is 9.47 Å². The molecule has 0 amide bonds. The van der Waals surface area contributed by atoms with E-state index in [0.717, 1.165) is 25.3 Å². The number of azide groups is 1. The highest BCUT2D eigenvalue weighted by Gasteiger charge is 2.32. The smallest absolute Gasteiger partial charge is 0.118 e. The van der Waals surface area contributed by atoms with E-state index >= 15 is 0 Å². The zero-order valence-corrected chi connectivity index (χ0v) is 13.6. The first-order valence-electron chi connectivity index (χ1n) is 7.73. The van der Waals surface area contributed by atoms with E-state index < -0.39 is 0 Å². The van der Waals surface area contributed by atoms with E-state index in [4.69, 9.17) is 15.0 Å². The molecule has 23 heavy (non-hydrogen) atoms. The van der Waals surface area contributed by atoms with E-state index in [0.29, 0.717) is 13.2 Å². The van der Waals surface area contributed by atoms with Gasteiger partial charge in [-0.15, -0.1) is 5.92 Å². The number of nitrogens with zero attached hydrogens (tertiary/aromatic N) is 4. The molecule has 2 unspecified atom stereocenters. The highest BCUT2D eigenvalue weighted by Crippen LogP contribution is 2.20. The van der Waals surface area contributed by atoms with Crippen LogP contribution in [0.4, 0.5) is 0 Å². The minimum Gasteiger partial charge on any atom is -0.497 e. The number of hydrogen-bond acceptors (Lipinski definition) is 4. The number of likely N-dealkylation sites (tertiary alicyclic amines) is 1. The maximum Gasteiger partial charge on any atom is 0.118 e. The minimum absolute atomic E-state index is 0.102. The summed E-state index contributed by atoms with van der Waals surface area (Å²) in [5.41, 5.74) is 9.92. The van der Waals surface area contributed by atoms with Gasteiger partial charge in [0.15, 0.2) is 0 Å². The Labute approximate surface area is 137 Å². The third-order valence-electron chi connectivity index (χ3n) is 3.75. The van der Waals surface area contributed by atoms with Gasteiger partial charge in [-0.25, -0.2) is 0 Å². The topological polar surface area (TPSA) is 70.5 Å². The van der Waals surface area contributed by atoms with Crippen LogP contribution in [0.25, 0.3) is 10.4 Å². The lowest BCUT2D eigenvalue weighted by Crippen LogP contribution is -2.25. The predicted molar refractivity (Wildman–Crippen MR) is 89.0 cm³/mol. The van der Waals surface area contributed by atoms with Crippen LogP contribution in [0.5, 0.6) is 5.75 Å². The number of benzene rings is 1. The molecule has 0 bridgehead atoms. The molecule has 0 aromatic heterocycles. The van der Waals surface area contributed by atoms with Crippen molar-refractivity contribution in [2.75, 3.05) is 26.8 Å². The van der Waals surface area contributed by atoms with E-state index in [1.165, 1.54) is 5.56 Å². The molecule has 2 rings (SSSR count). The lowest BCUT2D eigenvalue weighted by atomic mass is 10.2. The summed E-state index contributed by atoms with van der Waals surface area (Å²) in [7, 11) is 1.66. The van der Waals surface area contributed by atoms with Gasteiger partial charge in [-0.2, -0.15) is 0 Å². The van der Waals surface area contributed by atoms with Gasteiger partial charge >= 0.3 is 0 Å². The molecular formula is C17H22N4O2. The molecule has 0 spiro atoms. The fourth-order valence-electron chi connectivity index (χ4n) is 2.62. The van der Waals surface area contributed by atoms with Gasteiger partial charge in [-0.05, 0) is 23.2 Å². The van der Waals surface area contributed by atoms with Crippen LogP contribution in [0.2, 0.25) is 0 Å². The van der Waals surface area contributed by atoms with E-state index in [2.05, 4.69) is 26.8 Å². The van der Waals surface area contributed by atoms with Crippen molar-refractivity contribution in [2.24, 2.45) is 5.11 Å². The van der Waals surface area contributed by atoms with Crippen molar-refractivity contribution in [3.05, 3.63) is 40.3 Å². The lowest BCUT2D eigenvalue weighted by Gasteiger charge is -2.16. The zero-order valence-electron chi connectivity index (χ0n) is 13.6. The molecule has 1 aromatic rings. The molecule has 0 saturated carbocycles. The highest BCUT2D eigenvalue weighted by atomic mass is 16.5. The van der Waals surface area contributed by atoms with Crippen molar-refractivity contribution >= 4 is 0 Å². The van der Waals surface area contributed by atoms with Gasteiger partial charge in [0.05, 0.1) is 19.3 Å². The van der Waals surface area contributed by atoms with Crippen molar-refractivity contribution in [1.29, 1.82) is 0 Å². The monoisotopic (exact) mass is 314 g/mol. The summed E-state index contributed by atoms with van der Waals surface area (Å²) in [6.45, 7) is 4.61. The second-order valence-corrected chi connectivity index (χ2v) is 5.37. The van der Waals surface area contributed by atoms with Crippen molar-refractivity contribution in [3.8, 4) is 17.6 Å².